The molecule has 0 unspecified atom stereocenters. The Hall–Kier alpha value is -4.02. The standard InChI is InChI=1S/C22H20N6O8S2/c1-9-4-15(37-7-11-8-38-19-16(23)17(31)27(19)18(11)36-22(33)34)28-21(24-9)25-14(26-28)6-35-20(32)10-2-3-12(29)13(30)5-10/h2-5,16,19,29-30H,6-8,23H2,1H3,(H,33,34)/t16-,19-/m1/s1. The Morgan fingerprint density at radius 3 is 2.76 bits per heavy atom. The van der Waals surface area contributed by atoms with Crippen LogP contribution in [0.4, 0.5) is 4.79 Å². The number of esters is 1. The van der Waals surface area contributed by atoms with E-state index in [2.05, 4.69) is 15.1 Å². The quantitative estimate of drug-likeness (QED) is 0.106. The molecule has 1 aromatic carbocycles. The Morgan fingerprint density at radius 1 is 1.24 bits per heavy atom. The average molecular weight is 561 g/mol. The highest BCUT2D eigenvalue weighted by atomic mass is 32.2. The lowest BCUT2D eigenvalue weighted by atomic mass is 10.1. The summed E-state index contributed by atoms with van der Waals surface area (Å²) in [7, 11) is 0. The fraction of sp³-hybridized carbons (Fsp3) is 0.273. The first-order valence-electron chi connectivity index (χ1n) is 11.0. The Balaban J connectivity index is 1.34. The topological polar surface area (TPSA) is 203 Å². The lowest BCUT2D eigenvalue weighted by Crippen LogP contribution is -2.68. The van der Waals surface area contributed by atoms with Crippen molar-refractivity contribution >= 4 is 47.3 Å². The smallest absolute Gasteiger partial charge is 0.504 e. The maximum Gasteiger partial charge on any atom is 0.512 e. The van der Waals surface area contributed by atoms with E-state index in [9.17, 15) is 29.7 Å². The lowest BCUT2D eigenvalue weighted by molar-refractivity contribution is -0.144. The van der Waals surface area contributed by atoms with E-state index < -0.39 is 29.8 Å². The van der Waals surface area contributed by atoms with Crippen LogP contribution in [-0.4, -0.2) is 80.8 Å². The van der Waals surface area contributed by atoms with Crippen molar-refractivity contribution in [2.75, 3.05) is 11.5 Å². The van der Waals surface area contributed by atoms with Gasteiger partial charge in [0.05, 0.1) is 5.56 Å². The number of β-lactam (4-membered cyclic amide) rings is 1. The molecule has 38 heavy (non-hydrogen) atoms. The van der Waals surface area contributed by atoms with E-state index in [1.54, 1.807) is 13.0 Å². The van der Waals surface area contributed by atoms with E-state index in [1.807, 2.05) is 0 Å². The van der Waals surface area contributed by atoms with Gasteiger partial charge in [-0.1, -0.05) is 0 Å². The van der Waals surface area contributed by atoms with Gasteiger partial charge < -0.3 is 30.5 Å². The number of nitrogens with two attached hydrogens (primary N) is 1. The third-order valence-electron chi connectivity index (χ3n) is 5.61. The molecule has 4 heterocycles. The molecule has 5 N–H and O–H groups in total. The number of phenolic OH excluding ortho intramolecular Hbond substituents is 2. The maximum atomic E-state index is 12.3. The van der Waals surface area contributed by atoms with E-state index in [0.29, 0.717) is 22.0 Å². The molecule has 0 radical (unpaired) electrons. The van der Waals surface area contributed by atoms with Gasteiger partial charge in [-0.2, -0.15) is 9.50 Å². The Kier molecular flexibility index (Phi) is 6.77. The number of nitrogens with zero attached hydrogens (tertiary/aromatic N) is 5. The molecule has 1 fully saturated rings. The molecule has 1 saturated heterocycles. The van der Waals surface area contributed by atoms with Crippen LogP contribution in [0.3, 0.4) is 0 Å². The zero-order valence-corrected chi connectivity index (χ0v) is 21.2. The predicted octanol–water partition coefficient (Wildman–Crippen LogP) is 1.44. The SMILES string of the molecule is Cc1cc(SCC2=C(OC(=O)O)N3C(=O)[C@@H](N)[C@H]3SC2)n2nc(COC(=O)c3ccc(O)c(O)c3)nc2n1. The molecule has 0 saturated carbocycles. The van der Waals surface area contributed by atoms with Crippen LogP contribution in [-0.2, 0) is 20.9 Å². The van der Waals surface area contributed by atoms with Crippen LogP contribution in [0.5, 0.6) is 11.5 Å². The molecule has 2 atom stereocenters. The first-order valence-corrected chi connectivity index (χ1v) is 13.0. The molecule has 14 nitrogen and oxygen atoms in total. The Labute approximate surface area is 222 Å². The summed E-state index contributed by atoms with van der Waals surface area (Å²) in [5, 5.41) is 32.8. The number of hydrogen-bond donors (Lipinski definition) is 4. The van der Waals surface area contributed by atoms with E-state index >= 15 is 0 Å². The van der Waals surface area contributed by atoms with E-state index in [-0.39, 0.29) is 46.5 Å². The van der Waals surface area contributed by atoms with Gasteiger partial charge in [-0.05, 0) is 31.2 Å². The van der Waals surface area contributed by atoms with Crippen LogP contribution in [0.15, 0.2) is 40.7 Å². The summed E-state index contributed by atoms with van der Waals surface area (Å²) in [5.74, 6) is -0.833. The molecule has 0 bridgehead atoms. The van der Waals surface area contributed by atoms with Gasteiger partial charge in [0.15, 0.2) is 23.9 Å². The number of aryl methyl sites for hydroxylation is 1. The maximum absolute atomic E-state index is 12.3. The van der Waals surface area contributed by atoms with E-state index in [1.165, 1.54) is 45.1 Å². The summed E-state index contributed by atoms with van der Waals surface area (Å²) in [6.07, 6.45) is -1.53. The number of ether oxygens (including phenoxy) is 2. The highest BCUT2D eigenvalue weighted by molar-refractivity contribution is 8.01. The molecule has 2 aliphatic heterocycles. The second-order valence-electron chi connectivity index (χ2n) is 8.26. The van der Waals surface area contributed by atoms with Crippen molar-refractivity contribution in [3.63, 3.8) is 0 Å². The summed E-state index contributed by atoms with van der Waals surface area (Å²) in [6.45, 7) is 1.50. The molecule has 1 amide bonds. The first-order chi connectivity index (χ1) is 18.1. The van der Waals surface area contributed by atoms with Gasteiger partial charge in [0.2, 0.25) is 11.8 Å². The minimum absolute atomic E-state index is 0.0195. The first kappa shape index (κ1) is 25.6. The number of carboxylic acid groups (broad SMARTS) is 1. The number of aromatic hydroxyl groups is 2. The Morgan fingerprint density at radius 2 is 2.03 bits per heavy atom. The largest absolute Gasteiger partial charge is 0.512 e. The summed E-state index contributed by atoms with van der Waals surface area (Å²) in [5.41, 5.74) is 7.12. The molecule has 0 spiro atoms. The number of carbonyl (C=O) groups excluding carboxylic acids is 2. The second-order valence-corrected chi connectivity index (χ2v) is 10.4. The summed E-state index contributed by atoms with van der Waals surface area (Å²) < 4.78 is 11.7. The van der Waals surface area contributed by atoms with Gasteiger partial charge >= 0.3 is 12.1 Å². The van der Waals surface area contributed by atoms with Crippen LogP contribution < -0.4 is 5.73 Å². The van der Waals surface area contributed by atoms with Gasteiger partial charge in [-0.25, -0.2) is 14.6 Å². The second kappa shape index (κ2) is 10.0. The fourth-order valence-electron chi connectivity index (χ4n) is 3.79. The Bertz CT molecular complexity index is 1510. The number of phenols is 2. The van der Waals surface area contributed by atoms with Crippen molar-refractivity contribution in [1.82, 2.24) is 24.5 Å². The number of thioether (sulfide) groups is 2. The summed E-state index contributed by atoms with van der Waals surface area (Å²) >= 11 is 2.75. The summed E-state index contributed by atoms with van der Waals surface area (Å²) in [4.78, 5) is 45.8. The molecule has 5 rings (SSSR count). The number of hydrogen-bond acceptors (Lipinski definition) is 13. The zero-order valence-electron chi connectivity index (χ0n) is 19.6. The number of amides is 1. The zero-order chi connectivity index (χ0) is 27.1. The molecule has 0 aliphatic carbocycles. The molecule has 3 aromatic rings. The van der Waals surface area contributed by atoms with Gasteiger partial charge in [0, 0.05) is 22.8 Å². The van der Waals surface area contributed by atoms with Crippen molar-refractivity contribution in [2.24, 2.45) is 5.73 Å². The van der Waals surface area contributed by atoms with Gasteiger partial charge in [0.1, 0.15) is 16.4 Å². The van der Waals surface area contributed by atoms with Crippen LogP contribution >= 0.6 is 23.5 Å². The monoisotopic (exact) mass is 560 g/mol. The van der Waals surface area contributed by atoms with Crippen molar-refractivity contribution in [1.29, 1.82) is 0 Å². The van der Waals surface area contributed by atoms with Crippen molar-refractivity contribution < 1.29 is 39.2 Å². The number of benzene rings is 1. The number of rotatable bonds is 7. The highest BCUT2D eigenvalue weighted by Crippen LogP contribution is 2.41. The lowest BCUT2D eigenvalue weighted by Gasteiger charge is -2.47. The fourth-order valence-corrected chi connectivity index (χ4v) is 6.24. The van der Waals surface area contributed by atoms with Crippen LogP contribution in [0.1, 0.15) is 21.9 Å². The summed E-state index contributed by atoms with van der Waals surface area (Å²) in [6, 6.07) is 4.62. The van der Waals surface area contributed by atoms with Gasteiger partial charge in [-0.3, -0.25) is 9.69 Å². The molecular formula is C22H20N6O8S2. The number of fused-ring (bicyclic) bond motifs is 2. The average Bonchev–Trinajstić information content (AvgIpc) is 3.29. The van der Waals surface area contributed by atoms with Crippen molar-refractivity contribution in [2.45, 2.75) is 30.0 Å². The van der Waals surface area contributed by atoms with Gasteiger partial charge in [0.25, 0.3) is 5.78 Å². The molecule has 16 heteroatoms. The van der Waals surface area contributed by atoms with Crippen molar-refractivity contribution in [3.05, 3.63) is 52.8 Å². The van der Waals surface area contributed by atoms with Crippen molar-refractivity contribution in [3.8, 4) is 11.5 Å². The molecular weight excluding hydrogens is 540 g/mol. The molecule has 2 aromatic heterocycles. The number of carbonyl (C=O) groups is 3. The van der Waals surface area contributed by atoms with Crippen LogP contribution in [0.25, 0.3) is 5.78 Å². The van der Waals surface area contributed by atoms with Gasteiger partial charge in [-0.15, -0.1) is 28.6 Å². The predicted molar refractivity (Wildman–Crippen MR) is 132 cm³/mol. The molecule has 2 aliphatic rings. The van der Waals surface area contributed by atoms with E-state index in [0.717, 1.165) is 6.07 Å². The third-order valence-corrected chi connectivity index (χ3v) is 8.05. The van der Waals surface area contributed by atoms with Crippen LogP contribution in [0, 0.1) is 6.92 Å². The minimum Gasteiger partial charge on any atom is -0.504 e. The van der Waals surface area contributed by atoms with Crippen LogP contribution in [0.2, 0.25) is 0 Å². The highest BCUT2D eigenvalue weighted by Gasteiger charge is 2.51. The normalized spacial score (nSPS) is 18.8. The number of aromatic nitrogens is 4. The molecule has 198 valence electrons. The third kappa shape index (κ3) is 4.80. The minimum atomic E-state index is -1.53. The van der Waals surface area contributed by atoms with E-state index in [4.69, 9.17) is 15.2 Å².